The number of hydrogen-bond acceptors (Lipinski definition) is 11. The second kappa shape index (κ2) is 28.6. The quantitative estimate of drug-likeness (QED) is 0.0127. The van der Waals surface area contributed by atoms with Gasteiger partial charge in [-0.15, -0.1) is 11.3 Å². The molecule has 2 aliphatic rings. The number of β-amino-alcohol motifs (C(OH)–C–C–N with tert-alkyl or cyclic N) is 1. The molecule has 14 nitrogen and oxygen atoms in total. The molecule has 4 atom stereocenters. The molecule has 1 aliphatic carbocycles. The van der Waals surface area contributed by atoms with Crippen molar-refractivity contribution in [1.29, 1.82) is 0 Å². The Balaban J connectivity index is 0.851. The highest BCUT2D eigenvalue weighted by atomic mass is 127. The third-order valence-electron chi connectivity index (χ3n) is 13.7. The van der Waals surface area contributed by atoms with Crippen LogP contribution in [0.1, 0.15) is 138 Å². The summed E-state index contributed by atoms with van der Waals surface area (Å²) in [7, 11) is 0. The van der Waals surface area contributed by atoms with E-state index in [4.69, 9.17) is 4.74 Å². The van der Waals surface area contributed by atoms with Gasteiger partial charge in [-0.05, 0) is 122 Å². The summed E-state index contributed by atoms with van der Waals surface area (Å²) in [4.78, 5) is 73.9. The summed E-state index contributed by atoms with van der Waals surface area (Å²) in [6.07, 6.45) is 9.08. The van der Waals surface area contributed by atoms with Crippen LogP contribution in [0.25, 0.3) is 10.4 Å². The van der Waals surface area contributed by atoms with Crippen LogP contribution in [0.2, 0.25) is 0 Å². The van der Waals surface area contributed by atoms with Crippen LogP contribution in [0.4, 0.5) is 28.9 Å². The molecule has 4 amide bonds. The van der Waals surface area contributed by atoms with E-state index < -0.39 is 82.0 Å². The van der Waals surface area contributed by atoms with Crippen LogP contribution in [0, 0.1) is 33.4 Å². The summed E-state index contributed by atoms with van der Waals surface area (Å²) >= 11 is 3.44. The molecule has 4 aromatic rings. The maximum Gasteiger partial charge on any atom is 0.258 e. The van der Waals surface area contributed by atoms with Crippen LogP contribution in [0.5, 0.6) is 0 Å². The van der Waals surface area contributed by atoms with E-state index in [1.807, 2.05) is 53.8 Å². The average Bonchev–Trinajstić information content (AvgIpc) is 3.79. The molecule has 1 aromatic heterocycles. The molecule has 0 bridgehead atoms. The number of anilines is 2. The topological polar surface area (TPSA) is 191 Å². The zero-order valence-corrected chi connectivity index (χ0v) is 46.8. The molecule has 0 spiro atoms. The van der Waals surface area contributed by atoms with E-state index in [0.29, 0.717) is 35.3 Å². The predicted molar refractivity (Wildman–Crippen MR) is 294 cm³/mol. The van der Waals surface area contributed by atoms with Crippen molar-refractivity contribution in [2.75, 3.05) is 44.7 Å². The minimum absolute atomic E-state index is 0.0419. The highest BCUT2D eigenvalue weighted by Crippen LogP contribution is 2.41. The molecular weight excluding hydrogens is 1120 g/mol. The Kier molecular flexibility index (Phi) is 22.6. The number of unbranched alkanes of at least 4 members (excludes halogenated alkanes) is 8. The molecule has 0 radical (unpaired) electrons. The summed E-state index contributed by atoms with van der Waals surface area (Å²) in [5.74, 6) is -5.91. The lowest BCUT2D eigenvalue weighted by molar-refractivity contribution is -0.145. The van der Waals surface area contributed by atoms with E-state index in [1.54, 1.807) is 32.3 Å². The van der Waals surface area contributed by atoms with Crippen LogP contribution in [0.3, 0.4) is 0 Å². The summed E-state index contributed by atoms with van der Waals surface area (Å²) in [5, 5.41) is 25.3. The number of thiazole rings is 1. The zero-order valence-electron chi connectivity index (χ0n) is 43.8. The first-order valence-corrected chi connectivity index (χ1v) is 28.3. The molecule has 6 N–H and O–H groups in total. The van der Waals surface area contributed by atoms with Crippen molar-refractivity contribution in [1.82, 2.24) is 31.2 Å². The number of alkyl halides is 1. The molecule has 2 fully saturated rings. The number of halogens is 5. The fraction of sp³-hybridized carbons (Fsp3) is 0.536. The lowest BCUT2D eigenvalue weighted by Gasteiger charge is -2.36. The highest BCUT2D eigenvalue weighted by molar-refractivity contribution is 14.1. The van der Waals surface area contributed by atoms with Gasteiger partial charge in [0, 0.05) is 35.3 Å². The zero-order chi connectivity index (χ0) is 55.0. The highest BCUT2D eigenvalue weighted by Gasteiger charge is 2.53. The van der Waals surface area contributed by atoms with Gasteiger partial charge in [-0.1, -0.05) is 90.0 Å². The van der Waals surface area contributed by atoms with Crippen molar-refractivity contribution in [3.05, 3.63) is 98.0 Å². The second-order valence-corrected chi connectivity index (χ2v) is 23.0. The van der Waals surface area contributed by atoms with E-state index in [9.17, 15) is 46.6 Å². The first-order chi connectivity index (χ1) is 36.2. The Labute approximate surface area is 460 Å². The van der Waals surface area contributed by atoms with Gasteiger partial charge in [0.05, 0.1) is 46.0 Å². The third kappa shape index (κ3) is 17.5. The molecule has 3 aromatic carbocycles. The summed E-state index contributed by atoms with van der Waals surface area (Å²) in [6.45, 7) is 9.00. The number of aliphatic hydroxyl groups excluding tert-OH is 1. The van der Waals surface area contributed by atoms with Crippen molar-refractivity contribution in [2.24, 2.45) is 5.41 Å². The van der Waals surface area contributed by atoms with Gasteiger partial charge in [-0.2, -0.15) is 0 Å². The number of aryl methyl sites for hydroxylation is 1. The number of rotatable bonds is 30. The van der Waals surface area contributed by atoms with Gasteiger partial charge in [0.1, 0.15) is 24.5 Å². The number of carbonyl (C=O) groups is 5. The Bertz CT molecular complexity index is 2610. The number of Topliss-reactive ketones (excluding diaryl/α,β-unsaturated/α-hetero) is 1. The molecule has 1 unspecified atom stereocenters. The van der Waals surface area contributed by atoms with Gasteiger partial charge in [0.25, 0.3) is 5.91 Å². The smallest absolute Gasteiger partial charge is 0.258 e. The number of aliphatic hydroxyl groups is 1. The van der Waals surface area contributed by atoms with Crippen LogP contribution in [-0.4, -0.2) is 108 Å². The van der Waals surface area contributed by atoms with Crippen molar-refractivity contribution < 1.29 is 51.4 Å². The molecule has 2 heterocycles. The molecule has 6 rings (SSSR count). The SMILES string of the molecule is Cc1ncsc1-c1ccc([C@H](CC(=O)NCCCCCCCCCCCNCCCOCC(=O)c2ccc(F)c(F)c2Nc2ccc(I)cc2F)NC(=O)[C@@H]2C[C@@H](O)CN2C(=O)C(NC(=O)C2(F)CC2)C(C)(C)C)cc1. The molecule has 76 heavy (non-hydrogen) atoms. The molecule has 1 saturated carbocycles. The van der Waals surface area contributed by atoms with E-state index in [1.165, 1.54) is 28.4 Å². The van der Waals surface area contributed by atoms with E-state index >= 15 is 0 Å². The number of nitrogens with one attached hydrogen (secondary N) is 5. The lowest BCUT2D eigenvalue weighted by atomic mass is 9.85. The Morgan fingerprint density at radius 3 is 2.16 bits per heavy atom. The predicted octanol–water partition coefficient (Wildman–Crippen LogP) is 9.93. The standard InChI is InChI=1S/C56H72F4IN7O7S/c1-35-50(76-34-64-35)37-17-15-36(16-18-37)44(66-52(72)45-30-39(69)32-68(45)53(73)51(55(2,3)4)67-54(74)56(60)23-24-56)31-47(71)63-27-13-11-9-7-5-6-8-10-12-25-62-26-14-28-75-33-46(70)40-20-21-41(57)48(59)49(40)65-43-22-19-38(61)29-42(43)58/h15-22,29,34,39,44-45,51,62,65,69H,5-14,23-28,30-33H2,1-4H3,(H,63,71)(H,66,72)(H,67,74)/t39-,44+,45+,51?/m1/s1. The van der Waals surface area contributed by atoms with Crippen LogP contribution in [0.15, 0.2) is 60.1 Å². The number of ketones is 1. The average molecular weight is 1190 g/mol. The first kappa shape index (κ1) is 60.2. The number of hydrogen-bond donors (Lipinski definition) is 6. The number of aromatic nitrogens is 1. The fourth-order valence-electron chi connectivity index (χ4n) is 9.08. The van der Waals surface area contributed by atoms with Gasteiger partial charge in [-0.25, -0.2) is 22.5 Å². The van der Waals surface area contributed by atoms with Crippen molar-refractivity contribution in [3.63, 3.8) is 0 Å². The van der Waals surface area contributed by atoms with Gasteiger partial charge < -0.3 is 41.3 Å². The molecule has 20 heteroatoms. The van der Waals surface area contributed by atoms with Crippen molar-refractivity contribution in [3.8, 4) is 10.4 Å². The molecule has 1 aliphatic heterocycles. The number of likely N-dealkylation sites (tertiary alicyclic amines) is 1. The Morgan fingerprint density at radius 1 is 0.868 bits per heavy atom. The number of amides is 4. The van der Waals surface area contributed by atoms with Crippen molar-refractivity contribution >= 4 is 74.7 Å². The van der Waals surface area contributed by atoms with E-state index in [2.05, 4.69) is 31.6 Å². The number of benzene rings is 3. The molecule has 1 saturated heterocycles. The van der Waals surface area contributed by atoms with Gasteiger partial charge in [0.2, 0.25) is 17.7 Å². The monoisotopic (exact) mass is 1190 g/mol. The number of ether oxygens (including phenoxy) is 1. The maximum absolute atomic E-state index is 14.7. The summed E-state index contributed by atoms with van der Waals surface area (Å²) < 4.78 is 64.1. The Hall–Kier alpha value is -5.03. The molecular formula is C56H72F4IN7O7S. The minimum atomic E-state index is -2.01. The summed E-state index contributed by atoms with van der Waals surface area (Å²) in [5.41, 5.74) is 0.795. The third-order valence-corrected chi connectivity index (χ3v) is 15.3. The van der Waals surface area contributed by atoms with E-state index in [0.717, 1.165) is 92.6 Å². The van der Waals surface area contributed by atoms with Crippen LogP contribution >= 0.6 is 33.9 Å². The van der Waals surface area contributed by atoms with Crippen molar-refractivity contribution in [2.45, 2.75) is 147 Å². The summed E-state index contributed by atoms with van der Waals surface area (Å²) in [6, 6.07) is 10.8. The van der Waals surface area contributed by atoms with Gasteiger partial charge >= 0.3 is 0 Å². The minimum Gasteiger partial charge on any atom is -0.391 e. The number of carbonyl (C=O) groups excluding carboxylic acids is 5. The Morgan fingerprint density at radius 2 is 1.53 bits per heavy atom. The van der Waals surface area contributed by atoms with Gasteiger partial charge in [0.15, 0.2) is 23.1 Å². The first-order valence-electron chi connectivity index (χ1n) is 26.3. The number of nitrogens with zero attached hydrogens (tertiary/aromatic N) is 2. The van der Waals surface area contributed by atoms with E-state index in [-0.39, 0.29) is 56.0 Å². The van der Waals surface area contributed by atoms with Gasteiger partial charge in [-0.3, -0.25) is 24.0 Å². The van der Waals surface area contributed by atoms with Crippen LogP contribution in [-0.2, 0) is 23.9 Å². The second-order valence-electron chi connectivity index (χ2n) is 20.9. The van der Waals surface area contributed by atoms with Crippen LogP contribution < -0.4 is 26.6 Å². The maximum atomic E-state index is 14.7. The molecule has 414 valence electrons. The fourth-order valence-corrected chi connectivity index (χ4v) is 10.3. The normalized spacial score (nSPS) is 16.7. The largest absolute Gasteiger partial charge is 0.391 e. The lowest BCUT2D eigenvalue weighted by Crippen LogP contribution is -2.59.